The van der Waals surface area contributed by atoms with Gasteiger partial charge in [-0.1, -0.05) is 11.3 Å². The molecular weight excluding hydrogens is 186 g/mol. The first-order valence-electron chi connectivity index (χ1n) is 4.53. The molecule has 1 N–H and O–H groups in total. The van der Waals surface area contributed by atoms with Gasteiger partial charge in [-0.3, -0.25) is 0 Å². The first kappa shape index (κ1) is 8.90. The summed E-state index contributed by atoms with van der Waals surface area (Å²) < 4.78 is 5.28. The zero-order valence-corrected chi connectivity index (χ0v) is 8.22. The van der Waals surface area contributed by atoms with Crippen LogP contribution in [0.25, 0.3) is 0 Å². The van der Waals surface area contributed by atoms with Crippen molar-refractivity contribution in [3.63, 3.8) is 0 Å². The van der Waals surface area contributed by atoms with E-state index in [1.165, 1.54) is 0 Å². The van der Waals surface area contributed by atoms with Crippen molar-refractivity contribution in [1.29, 1.82) is 0 Å². The molecule has 0 bridgehead atoms. The average Bonchev–Trinajstić information content (AvgIpc) is 2.69. The van der Waals surface area contributed by atoms with Gasteiger partial charge in [0, 0.05) is 19.8 Å². The summed E-state index contributed by atoms with van der Waals surface area (Å²) in [5, 5.41) is 11.9. The van der Waals surface area contributed by atoms with E-state index in [9.17, 15) is 0 Å². The molecule has 0 spiro atoms. The van der Waals surface area contributed by atoms with Crippen molar-refractivity contribution in [1.82, 2.24) is 10.2 Å². The number of hydrogen-bond acceptors (Lipinski definition) is 5. The third-order valence-electron chi connectivity index (χ3n) is 2.24. The zero-order chi connectivity index (χ0) is 8.93. The van der Waals surface area contributed by atoms with Crippen LogP contribution in [0.2, 0.25) is 0 Å². The van der Waals surface area contributed by atoms with Gasteiger partial charge < -0.3 is 10.1 Å². The lowest BCUT2D eigenvalue weighted by Gasteiger charge is -2.21. The molecule has 0 unspecified atom stereocenters. The van der Waals surface area contributed by atoms with Crippen molar-refractivity contribution >= 4 is 16.5 Å². The Morgan fingerprint density at radius 2 is 2.38 bits per heavy atom. The Balaban J connectivity index is 1.72. The lowest BCUT2D eigenvalue weighted by atomic mass is 10.0. The maximum Gasteiger partial charge on any atom is 0.205 e. The Morgan fingerprint density at radius 3 is 3.08 bits per heavy atom. The number of nitrogens with zero attached hydrogens (tertiary/aromatic N) is 2. The third-order valence-corrected chi connectivity index (χ3v) is 2.89. The van der Waals surface area contributed by atoms with Gasteiger partial charge in [0.2, 0.25) is 5.13 Å². The largest absolute Gasteiger partial charge is 0.381 e. The predicted molar refractivity (Wildman–Crippen MR) is 51.9 cm³/mol. The minimum atomic E-state index is 0.734. The molecule has 0 radical (unpaired) electrons. The highest BCUT2D eigenvalue weighted by Crippen LogP contribution is 2.16. The summed E-state index contributed by atoms with van der Waals surface area (Å²) in [5.74, 6) is 0.734. The van der Waals surface area contributed by atoms with Crippen LogP contribution in [0, 0.1) is 5.92 Å². The van der Waals surface area contributed by atoms with Gasteiger partial charge in [-0.15, -0.1) is 10.2 Å². The minimum Gasteiger partial charge on any atom is -0.381 e. The van der Waals surface area contributed by atoms with Crippen molar-refractivity contribution in [3.8, 4) is 0 Å². The van der Waals surface area contributed by atoms with Crippen molar-refractivity contribution < 1.29 is 4.74 Å². The standard InChI is InChI=1S/C8H13N3OS/c1-3-12-4-2-7(1)5-9-8-11-10-6-13-8/h6-7H,1-5H2,(H,9,11). The van der Waals surface area contributed by atoms with Crippen LogP contribution < -0.4 is 5.32 Å². The van der Waals surface area contributed by atoms with Crippen LogP contribution in [0.15, 0.2) is 5.51 Å². The summed E-state index contributed by atoms with van der Waals surface area (Å²) >= 11 is 1.55. The summed E-state index contributed by atoms with van der Waals surface area (Å²) in [6.45, 7) is 2.81. The summed E-state index contributed by atoms with van der Waals surface area (Å²) in [6.07, 6.45) is 2.32. The van der Waals surface area contributed by atoms with E-state index < -0.39 is 0 Å². The van der Waals surface area contributed by atoms with Crippen molar-refractivity contribution in [3.05, 3.63) is 5.51 Å². The Bertz CT molecular complexity index is 234. The molecule has 13 heavy (non-hydrogen) atoms. The third kappa shape index (κ3) is 2.63. The highest BCUT2D eigenvalue weighted by atomic mass is 32.1. The first-order chi connectivity index (χ1) is 6.45. The molecule has 72 valence electrons. The van der Waals surface area contributed by atoms with Gasteiger partial charge in [-0.25, -0.2) is 0 Å². The number of aromatic nitrogens is 2. The molecule has 2 heterocycles. The van der Waals surface area contributed by atoms with Crippen LogP contribution in [0.5, 0.6) is 0 Å². The molecule has 0 amide bonds. The topological polar surface area (TPSA) is 47.0 Å². The van der Waals surface area contributed by atoms with Gasteiger partial charge >= 0.3 is 0 Å². The van der Waals surface area contributed by atoms with Crippen LogP contribution in [-0.4, -0.2) is 30.0 Å². The highest BCUT2D eigenvalue weighted by Gasteiger charge is 2.13. The predicted octanol–water partition coefficient (Wildman–Crippen LogP) is 1.38. The highest BCUT2D eigenvalue weighted by molar-refractivity contribution is 7.13. The van der Waals surface area contributed by atoms with Crippen molar-refractivity contribution in [2.45, 2.75) is 12.8 Å². The van der Waals surface area contributed by atoms with Gasteiger partial charge in [-0.2, -0.15) is 0 Å². The van der Waals surface area contributed by atoms with Crippen molar-refractivity contribution in [2.24, 2.45) is 5.92 Å². The van der Waals surface area contributed by atoms with Gasteiger partial charge in [0.05, 0.1) is 0 Å². The van der Waals surface area contributed by atoms with E-state index in [0.29, 0.717) is 0 Å². The average molecular weight is 199 g/mol. The van der Waals surface area contributed by atoms with Gasteiger partial charge in [0.25, 0.3) is 0 Å². The number of ether oxygens (including phenoxy) is 1. The quantitative estimate of drug-likeness (QED) is 0.799. The lowest BCUT2D eigenvalue weighted by Crippen LogP contribution is -2.22. The van der Waals surface area contributed by atoms with Crippen LogP contribution in [-0.2, 0) is 4.74 Å². The normalized spacial score (nSPS) is 18.8. The molecule has 1 aromatic rings. The lowest BCUT2D eigenvalue weighted by molar-refractivity contribution is 0.0699. The minimum absolute atomic E-state index is 0.734. The van der Waals surface area contributed by atoms with E-state index >= 15 is 0 Å². The van der Waals surface area contributed by atoms with Crippen molar-refractivity contribution in [2.75, 3.05) is 25.1 Å². The van der Waals surface area contributed by atoms with Gasteiger partial charge in [0.15, 0.2) is 0 Å². The van der Waals surface area contributed by atoms with Crippen LogP contribution in [0.3, 0.4) is 0 Å². The van der Waals surface area contributed by atoms with Gasteiger partial charge in [-0.05, 0) is 18.8 Å². The molecule has 0 saturated carbocycles. The molecule has 2 rings (SSSR count). The molecule has 5 heteroatoms. The van der Waals surface area contributed by atoms with E-state index in [0.717, 1.165) is 43.6 Å². The molecule has 1 saturated heterocycles. The maximum absolute atomic E-state index is 5.28. The fourth-order valence-electron chi connectivity index (χ4n) is 1.43. The molecule has 1 aliphatic heterocycles. The smallest absolute Gasteiger partial charge is 0.205 e. The summed E-state index contributed by atoms with van der Waals surface area (Å²) in [7, 11) is 0. The van der Waals surface area contributed by atoms with E-state index in [4.69, 9.17) is 4.74 Å². The Kier molecular flexibility index (Phi) is 3.10. The first-order valence-corrected chi connectivity index (χ1v) is 5.41. The fraction of sp³-hybridized carbons (Fsp3) is 0.750. The van der Waals surface area contributed by atoms with E-state index in [1.807, 2.05) is 0 Å². The van der Waals surface area contributed by atoms with Crippen LogP contribution in [0.1, 0.15) is 12.8 Å². The molecule has 1 aromatic heterocycles. The van der Waals surface area contributed by atoms with E-state index in [1.54, 1.807) is 16.8 Å². The number of hydrogen-bond donors (Lipinski definition) is 1. The SMILES string of the molecule is c1nnc(NCC2CCOCC2)s1. The summed E-state index contributed by atoms with van der Waals surface area (Å²) in [5.41, 5.74) is 1.74. The van der Waals surface area contributed by atoms with E-state index in [2.05, 4.69) is 15.5 Å². The molecule has 4 nitrogen and oxygen atoms in total. The monoisotopic (exact) mass is 199 g/mol. The fourth-order valence-corrected chi connectivity index (χ4v) is 1.89. The number of rotatable bonds is 3. The van der Waals surface area contributed by atoms with Gasteiger partial charge in [0.1, 0.15) is 5.51 Å². The molecular formula is C8H13N3OS. The Morgan fingerprint density at radius 1 is 1.54 bits per heavy atom. The second-order valence-corrected chi connectivity index (χ2v) is 4.01. The Labute approximate surface area is 81.3 Å². The molecule has 0 aliphatic carbocycles. The van der Waals surface area contributed by atoms with Crippen LogP contribution in [0.4, 0.5) is 5.13 Å². The van der Waals surface area contributed by atoms with Crippen LogP contribution >= 0.6 is 11.3 Å². The molecule has 1 fully saturated rings. The summed E-state index contributed by atoms with van der Waals surface area (Å²) in [6, 6.07) is 0. The second kappa shape index (κ2) is 4.53. The maximum atomic E-state index is 5.28. The molecule has 0 atom stereocenters. The molecule has 1 aliphatic rings. The molecule has 0 aromatic carbocycles. The number of nitrogens with one attached hydrogen (secondary N) is 1. The summed E-state index contributed by atoms with van der Waals surface area (Å²) in [4.78, 5) is 0. The number of anilines is 1. The zero-order valence-electron chi connectivity index (χ0n) is 7.40. The van der Waals surface area contributed by atoms with E-state index in [-0.39, 0.29) is 0 Å². The Hall–Kier alpha value is -0.680. The second-order valence-electron chi connectivity index (χ2n) is 3.18.